The summed E-state index contributed by atoms with van der Waals surface area (Å²) in [6.45, 7) is 3.62. The number of rotatable bonds is 5. The Morgan fingerprint density at radius 1 is 1.12 bits per heavy atom. The number of aromatic nitrogens is 3. The van der Waals surface area contributed by atoms with Gasteiger partial charge in [-0.3, -0.25) is 4.79 Å². The minimum atomic E-state index is -0.688. The van der Waals surface area contributed by atoms with Crippen LogP contribution in [0.15, 0.2) is 30.5 Å². The van der Waals surface area contributed by atoms with Crippen molar-refractivity contribution in [2.45, 2.75) is 57.7 Å². The van der Waals surface area contributed by atoms with Crippen LogP contribution in [0, 0.1) is 5.41 Å². The molecule has 34 heavy (non-hydrogen) atoms. The molecule has 0 radical (unpaired) electrons. The smallest absolute Gasteiger partial charge is 0.309 e. The number of hydrogen-bond acceptors (Lipinski definition) is 5. The molecule has 0 amide bonds. The fraction of sp³-hybridized carbons (Fsp3) is 0.480. The van der Waals surface area contributed by atoms with E-state index < -0.39 is 11.4 Å². The number of pyridine rings is 1. The van der Waals surface area contributed by atoms with Gasteiger partial charge in [-0.05, 0) is 69.7 Å². The molecule has 2 aromatic heterocycles. The zero-order valence-electron chi connectivity index (χ0n) is 19.1. The second kappa shape index (κ2) is 9.36. The van der Waals surface area contributed by atoms with Gasteiger partial charge in [0, 0.05) is 24.8 Å². The van der Waals surface area contributed by atoms with Crippen molar-refractivity contribution in [3.8, 4) is 11.4 Å². The van der Waals surface area contributed by atoms with Crippen LogP contribution in [0.1, 0.15) is 45.4 Å². The Hall–Kier alpha value is -2.35. The zero-order valence-corrected chi connectivity index (χ0v) is 20.6. The van der Waals surface area contributed by atoms with E-state index in [2.05, 4.69) is 19.9 Å². The number of halogens is 2. The number of carboxylic acid groups (broad SMARTS) is 1. The summed E-state index contributed by atoms with van der Waals surface area (Å²) in [5.74, 6) is 0.983. The first-order valence-corrected chi connectivity index (χ1v) is 12.5. The summed E-state index contributed by atoms with van der Waals surface area (Å²) in [5.41, 5.74) is 1.90. The summed E-state index contributed by atoms with van der Waals surface area (Å²) in [6, 6.07) is 7.58. The van der Waals surface area contributed by atoms with Crippen molar-refractivity contribution in [2.24, 2.45) is 5.41 Å². The van der Waals surface area contributed by atoms with E-state index in [1.165, 1.54) is 0 Å². The molecular formula is C25H28Cl2N4O3. The van der Waals surface area contributed by atoms with E-state index in [4.69, 9.17) is 27.9 Å². The van der Waals surface area contributed by atoms with E-state index in [0.29, 0.717) is 22.9 Å². The molecule has 7 nitrogen and oxygen atoms in total. The van der Waals surface area contributed by atoms with E-state index in [1.54, 1.807) is 12.1 Å². The second-order valence-electron chi connectivity index (χ2n) is 9.66. The van der Waals surface area contributed by atoms with Crippen LogP contribution in [0.25, 0.3) is 22.4 Å². The molecule has 0 unspecified atom stereocenters. The number of imidazole rings is 1. The monoisotopic (exact) mass is 502 g/mol. The number of fused-ring (bicyclic) bond motifs is 1. The molecule has 9 heteroatoms. The van der Waals surface area contributed by atoms with E-state index in [0.717, 1.165) is 67.0 Å². The van der Waals surface area contributed by atoms with Crippen LogP contribution in [-0.4, -0.2) is 51.3 Å². The molecule has 1 aliphatic heterocycles. The number of aromatic amines is 1. The molecule has 1 saturated carbocycles. The maximum atomic E-state index is 11.4. The van der Waals surface area contributed by atoms with Gasteiger partial charge in [0.15, 0.2) is 0 Å². The number of carboxylic acids is 1. The van der Waals surface area contributed by atoms with Crippen molar-refractivity contribution >= 4 is 46.0 Å². The van der Waals surface area contributed by atoms with Gasteiger partial charge in [-0.15, -0.1) is 0 Å². The topological polar surface area (TPSA) is 91.3 Å². The first-order valence-electron chi connectivity index (χ1n) is 11.8. The lowest BCUT2D eigenvalue weighted by molar-refractivity contribution is -0.152. The van der Waals surface area contributed by atoms with Crippen LogP contribution in [0.3, 0.4) is 0 Å². The third-order valence-electron chi connectivity index (χ3n) is 7.25. The molecule has 1 aromatic carbocycles. The zero-order chi connectivity index (χ0) is 23.9. The van der Waals surface area contributed by atoms with E-state index >= 15 is 0 Å². The molecular weight excluding hydrogens is 475 g/mol. The van der Waals surface area contributed by atoms with Crippen molar-refractivity contribution in [3.05, 3.63) is 40.5 Å². The molecule has 3 heterocycles. The van der Waals surface area contributed by atoms with Crippen LogP contribution in [-0.2, 0) is 9.53 Å². The second-order valence-corrected chi connectivity index (χ2v) is 10.5. The SMILES string of the molecule is C[C@]1(C(=O)O)CC[C@@H](OC2CCN(c3ccc(-c4nc5cc(Cl)c(Cl)cc5[nH]4)cn3)CC2)CC1. The van der Waals surface area contributed by atoms with Gasteiger partial charge in [0.05, 0.1) is 38.7 Å². The minimum Gasteiger partial charge on any atom is -0.481 e. The minimum absolute atomic E-state index is 0.176. The van der Waals surface area contributed by atoms with Crippen molar-refractivity contribution in [1.29, 1.82) is 0 Å². The summed E-state index contributed by atoms with van der Waals surface area (Å²) >= 11 is 12.2. The predicted octanol–water partition coefficient (Wildman–Crippen LogP) is 5.95. The first kappa shape index (κ1) is 23.4. The summed E-state index contributed by atoms with van der Waals surface area (Å²) in [5, 5.41) is 10.4. The van der Waals surface area contributed by atoms with Gasteiger partial charge in [0.25, 0.3) is 0 Å². The highest BCUT2D eigenvalue weighted by molar-refractivity contribution is 6.42. The average Bonchev–Trinajstić information content (AvgIpc) is 3.24. The first-order chi connectivity index (χ1) is 16.3. The molecule has 2 N–H and O–H groups in total. The highest BCUT2D eigenvalue weighted by Crippen LogP contribution is 2.38. The number of aliphatic carboxylic acids is 1. The number of ether oxygens (including phenoxy) is 1. The van der Waals surface area contributed by atoms with Gasteiger partial charge in [0.1, 0.15) is 11.6 Å². The van der Waals surface area contributed by atoms with Gasteiger partial charge in [-0.1, -0.05) is 23.2 Å². The average molecular weight is 503 g/mol. The summed E-state index contributed by atoms with van der Waals surface area (Å²) in [6.07, 6.45) is 7.15. The lowest BCUT2D eigenvalue weighted by Gasteiger charge is -2.38. The lowest BCUT2D eigenvalue weighted by atomic mass is 9.75. The molecule has 0 spiro atoms. The molecule has 5 rings (SSSR count). The molecule has 0 bridgehead atoms. The number of benzene rings is 1. The Bertz CT molecular complexity index is 1140. The number of hydrogen-bond donors (Lipinski definition) is 2. The Kier molecular flexibility index (Phi) is 6.44. The lowest BCUT2D eigenvalue weighted by Crippen LogP contribution is -2.41. The van der Waals surface area contributed by atoms with E-state index in [1.807, 2.05) is 25.3 Å². The third-order valence-corrected chi connectivity index (χ3v) is 7.97. The van der Waals surface area contributed by atoms with E-state index in [9.17, 15) is 9.90 Å². The van der Waals surface area contributed by atoms with Crippen LogP contribution >= 0.6 is 23.2 Å². The Morgan fingerprint density at radius 3 is 2.44 bits per heavy atom. The molecule has 1 saturated heterocycles. The summed E-state index contributed by atoms with van der Waals surface area (Å²) in [7, 11) is 0. The summed E-state index contributed by atoms with van der Waals surface area (Å²) < 4.78 is 6.34. The number of nitrogens with one attached hydrogen (secondary N) is 1. The molecule has 2 aliphatic rings. The Balaban J connectivity index is 1.16. The normalized spacial score (nSPS) is 24.0. The Labute approximate surface area is 208 Å². The van der Waals surface area contributed by atoms with Crippen molar-refractivity contribution < 1.29 is 14.6 Å². The number of carbonyl (C=O) groups is 1. The molecule has 1 aliphatic carbocycles. The highest BCUT2D eigenvalue weighted by Gasteiger charge is 2.38. The van der Waals surface area contributed by atoms with Gasteiger partial charge in [-0.25, -0.2) is 9.97 Å². The van der Waals surface area contributed by atoms with Crippen molar-refractivity contribution in [2.75, 3.05) is 18.0 Å². The molecule has 3 aromatic rings. The molecule has 0 atom stereocenters. The summed E-state index contributed by atoms with van der Waals surface area (Å²) in [4.78, 5) is 26.3. The standard InChI is InChI=1S/C25H28Cl2N4O3/c1-25(24(32)33)8-4-16(5-9-25)34-17-6-10-31(11-7-17)22-3-2-15(14-28-22)23-29-20-12-18(26)19(27)13-21(20)30-23/h2-3,12-14,16-17H,4-11H2,1H3,(H,29,30)(H,32,33)/t16-,25+. The fourth-order valence-corrected chi connectivity index (χ4v) is 5.25. The maximum Gasteiger partial charge on any atom is 0.309 e. The largest absolute Gasteiger partial charge is 0.481 e. The molecule has 180 valence electrons. The van der Waals surface area contributed by atoms with Gasteiger partial charge < -0.3 is 19.7 Å². The van der Waals surface area contributed by atoms with Crippen LogP contribution < -0.4 is 4.90 Å². The predicted molar refractivity (Wildman–Crippen MR) is 134 cm³/mol. The number of piperidine rings is 1. The van der Waals surface area contributed by atoms with Crippen LogP contribution in [0.5, 0.6) is 0 Å². The Morgan fingerprint density at radius 2 is 1.79 bits per heavy atom. The van der Waals surface area contributed by atoms with Crippen molar-refractivity contribution in [3.63, 3.8) is 0 Å². The van der Waals surface area contributed by atoms with Gasteiger partial charge >= 0.3 is 5.97 Å². The quantitative estimate of drug-likeness (QED) is 0.447. The third kappa shape index (κ3) is 4.74. The fourth-order valence-electron chi connectivity index (χ4n) is 4.93. The maximum absolute atomic E-state index is 11.4. The van der Waals surface area contributed by atoms with Gasteiger partial charge in [0.2, 0.25) is 0 Å². The van der Waals surface area contributed by atoms with E-state index in [-0.39, 0.29) is 12.2 Å². The van der Waals surface area contributed by atoms with Crippen molar-refractivity contribution in [1.82, 2.24) is 15.0 Å². The van der Waals surface area contributed by atoms with Crippen LogP contribution in [0.2, 0.25) is 10.0 Å². The van der Waals surface area contributed by atoms with Gasteiger partial charge in [-0.2, -0.15) is 0 Å². The number of H-pyrrole nitrogens is 1. The number of anilines is 1. The highest BCUT2D eigenvalue weighted by atomic mass is 35.5. The van der Waals surface area contributed by atoms with Crippen LogP contribution in [0.4, 0.5) is 5.82 Å². The number of nitrogens with zero attached hydrogens (tertiary/aromatic N) is 3. The molecule has 2 fully saturated rings.